The Morgan fingerprint density at radius 3 is 2.70 bits per heavy atom. The number of nitrogens with zero attached hydrogens (tertiary/aromatic N) is 2. The van der Waals surface area contributed by atoms with E-state index in [1.807, 2.05) is 42.3 Å². The first-order chi connectivity index (χ1) is 16.0. The number of hydrogen-bond acceptors (Lipinski definition) is 6. The Bertz CT molecular complexity index is 1020. The number of ketones is 1. The minimum absolute atomic E-state index is 0.0829. The molecule has 0 aliphatic rings. The van der Waals surface area contributed by atoms with Crippen molar-refractivity contribution in [1.82, 2.24) is 4.90 Å². The quantitative estimate of drug-likeness (QED) is 0.231. The van der Waals surface area contributed by atoms with Gasteiger partial charge in [-0.05, 0) is 49.2 Å². The first kappa shape index (κ1) is 24.7. The van der Waals surface area contributed by atoms with E-state index < -0.39 is 5.09 Å². The van der Waals surface area contributed by atoms with Crippen LogP contribution >= 0.6 is 11.3 Å². The van der Waals surface area contributed by atoms with Gasteiger partial charge in [-0.15, -0.1) is 11.3 Å². The third-order valence-corrected chi connectivity index (χ3v) is 6.36. The second-order valence-electron chi connectivity index (χ2n) is 8.05. The summed E-state index contributed by atoms with van der Waals surface area (Å²) < 4.78 is 6.49. The van der Waals surface area contributed by atoms with Crippen molar-refractivity contribution in [2.24, 2.45) is 0 Å². The van der Waals surface area contributed by atoms with Crippen LogP contribution in [0.3, 0.4) is 0 Å². The van der Waals surface area contributed by atoms with Crippen molar-refractivity contribution in [3.8, 4) is 5.75 Å². The van der Waals surface area contributed by atoms with Crippen LogP contribution in [0.1, 0.15) is 43.1 Å². The molecule has 0 fully saturated rings. The highest BCUT2D eigenvalue weighted by Crippen LogP contribution is 2.32. The lowest BCUT2D eigenvalue weighted by atomic mass is 10.1. The van der Waals surface area contributed by atoms with E-state index in [1.54, 1.807) is 11.3 Å². The predicted molar refractivity (Wildman–Crippen MR) is 129 cm³/mol. The Kier molecular flexibility index (Phi) is 9.65. The summed E-state index contributed by atoms with van der Waals surface area (Å²) in [6.07, 6.45) is 3.31. The van der Waals surface area contributed by atoms with Crippen molar-refractivity contribution in [2.75, 3.05) is 26.7 Å². The minimum Gasteiger partial charge on any atom is -0.484 e. The molecular formula is C25H31N2O5S+. The van der Waals surface area contributed by atoms with Crippen molar-refractivity contribution < 1.29 is 24.7 Å². The average Bonchev–Trinajstić information content (AvgIpc) is 3.33. The number of unbranched alkanes of at least 4 members (excludes halogenated alkanes) is 2. The summed E-state index contributed by atoms with van der Waals surface area (Å²) in [7, 11) is 1.96. The van der Waals surface area contributed by atoms with Crippen LogP contribution in [0.2, 0.25) is 0 Å². The molecule has 0 saturated heterocycles. The number of fused-ring (bicyclic) bond motifs is 1. The van der Waals surface area contributed by atoms with Gasteiger partial charge in [0.15, 0.2) is 6.61 Å². The number of thiophene rings is 1. The molecule has 3 rings (SSSR count). The molecule has 0 saturated carbocycles. The summed E-state index contributed by atoms with van der Waals surface area (Å²) in [5.74, 6) is 1.06. The van der Waals surface area contributed by atoms with Crippen LogP contribution in [0.25, 0.3) is 10.8 Å². The monoisotopic (exact) mass is 471 g/mol. The van der Waals surface area contributed by atoms with Gasteiger partial charge in [-0.25, -0.2) is 5.21 Å². The van der Waals surface area contributed by atoms with Gasteiger partial charge in [0.2, 0.25) is 0 Å². The van der Waals surface area contributed by atoms with E-state index in [1.165, 1.54) is 4.88 Å². The first-order valence-corrected chi connectivity index (χ1v) is 12.1. The zero-order valence-electron chi connectivity index (χ0n) is 18.9. The van der Waals surface area contributed by atoms with E-state index in [0.717, 1.165) is 42.3 Å². The van der Waals surface area contributed by atoms with Crippen LogP contribution in [0.4, 0.5) is 0 Å². The SMILES string of the molecule is CN(CCC(Oc1cccc2ccccc12)c1cccs1)CC(=O)CCCCCO[N+](=O)O. The summed E-state index contributed by atoms with van der Waals surface area (Å²) in [6.45, 7) is 1.28. The smallest absolute Gasteiger partial charge is 0.475 e. The van der Waals surface area contributed by atoms with E-state index in [4.69, 9.17) is 9.94 Å². The number of benzene rings is 2. The third-order valence-electron chi connectivity index (χ3n) is 5.40. The van der Waals surface area contributed by atoms with Crippen LogP contribution in [-0.2, 0) is 9.63 Å². The highest BCUT2D eigenvalue weighted by Gasteiger charge is 2.18. The number of ether oxygens (including phenoxy) is 1. The number of rotatable bonds is 15. The van der Waals surface area contributed by atoms with E-state index in [0.29, 0.717) is 19.4 Å². The zero-order valence-corrected chi connectivity index (χ0v) is 19.7. The molecule has 1 N–H and O–H groups in total. The molecule has 1 unspecified atom stereocenters. The topological polar surface area (TPSA) is 79.1 Å². The molecule has 33 heavy (non-hydrogen) atoms. The van der Waals surface area contributed by atoms with Gasteiger partial charge in [-0.2, -0.15) is 4.84 Å². The van der Waals surface area contributed by atoms with Crippen LogP contribution in [0, 0.1) is 4.91 Å². The Morgan fingerprint density at radius 2 is 1.91 bits per heavy atom. The molecule has 3 aromatic rings. The Morgan fingerprint density at radius 1 is 1.09 bits per heavy atom. The summed E-state index contributed by atoms with van der Waals surface area (Å²) >= 11 is 1.68. The number of carbonyl (C=O) groups excluding carboxylic acids is 1. The Hall–Kier alpha value is -2.97. The lowest BCUT2D eigenvalue weighted by Gasteiger charge is -2.22. The molecule has 0 spiro atoms. The van der Waals surface area contributed by atoms with Crippen molar-refractivity contribution in [1.29, 1.82) is 0 Å². The highest BCUT2D eigenvalue weighted by atomic mass is 32.1. The fourth-order valence-electron chi connectivity index (χ4n) is 3.73. The largest absolute Gasteiger partial charge is 0.484 e. The molecule has 7 nitrogen and oxygen atoms in total. The van der Waals surface area contributed by atoms with Gasteiger partial charge in [0, 0.05) is 29.6 Å². The van der Waals surface area contributed by atoms with E-state index in [-0.39, 0.29) is 18.5 Å². The summed E-state index contributed by atoms with van der Waals surface area (Å²) in [5.41, 5.74) is 0. The van der Waals surface area contributed by atoms with Gasteiger partial charge in [-0.3, -0.25) is 9.69 Å². The van der Waals surface area contributed by atoms with Crippen LogP contribution in [0.15, 0.2) is 60.0 Å². The van der Waals surface area contributed by atoms with E-state index in [2.05, 4.69) is 34.5 Å². The molecule has 0 aliphatic heterocycles. The zero-order chi connectivity index (χ0) is 23.5. The maximum absolute atomic E-state index is 12.3. The molecule has 8 heteroatoms. The van der Waals surface area contributed by atoms with Gasteiger partial charge >= 0.3 is 5.09 Å². The molecule has 0 radical (unpaired) electrons. The second kappa shape index (κ2) is 12.9. The van der Waals surface area contributed by atoms with E-state index in [9.17, 15) is 9.70 Å². The summed E-state index contributed by atoms with van der Waals surface area (Å²) in [4.78, 5) is 30.1. The predicted octanol–water partition coefficient (Wildman–Crippen LogP) is 5.57. The lowest BCUT2D eigenvalue weighted by Crippen LogP contribution is -2.28. The van der Waals surface area contributed by atoms with Gasteiger partial charge < -0.3 is 4.74 Å². The van der Waals surface area contributed by atoms with Gasteiger partial charge in [0.05, 0.1) is 6.54 Å². The number of Topliss-reactive ketones (excluding diaryl/α,β-unsaturated/α-hetero) is 1. The molecule has 0 amide bonds. The average molecular weight is 472 g/mol. The molecule has 2 aromatic carbocycles. The minimum atomic E-state index is -0.534. The fourth-order valence-corrected chi connectivity index (χ4v) is 4.52. The molecule has 1 heterocycles. The highest BCUT2D eigenvalue weighted by molar-refractivity contribution is 7.10. The first-order valence-electron chi connectivity index (χ1n) is 11.2. The van der Waals surface area contributed by atoms with Gasteiger partial charge in [0.25, 0.3) is 0 Å². The summed E-state index contributed by atoms with van der Waals surface area (Å²) in [6, 6.07) is 18.4. The van der Waals surface area contributed by atoms with Crippen LogP contribution < -0.4 is 4.74 Å². The Labute approximate surface area is 198 Å². The second-order valence-corrected chi connectivity index (χ2v) is 9.03. The van der Waals surface area contributed by atoms with Crippen molar-refractivity contribution >= 4 is 27.9 Å². The standard InChI is InChI=1S/C25H31N2O5S/c1-26(19-21(28)11-3-2-6-17-31-27(29)30)16-15-24(25-14-8-18-33-25)32-23-13-7-10-20-9-4-5-12-22(20)23/h4-5,7-10,12-14,18,24H,2-3,6,11,15-17,19H2,1H3,(H,29,30)/q+1. The van der Waals surface area contributed by atoms with Crippen molar-refractivity contribution in [3.63, 3.8) is 0 Å². The molecule has 0 aliphatic carbocycles. The van der Waals surface area contributed by atoms with Crippen LogP contribution in [0.5, 0.6) is 5.75 Å². The van der Waals surface area contributed by atoms with Crippen LogP contribution in [-0.4, -0.2) is 47.7 Å². The number of hydrogen-bond donors (Lipinski definition) is 1. The molecule has 0 bridgehead atoms. The number of carbonyl (C=O) groups is 1. The maximum Gasteiger partial charge on any atom is 0.475 e. The maximum atomic E-state index is 12.3. The van der Waals surface area contributed by atoms with Crippen molar-refractivity contribution in [2.45, 2.75) is 38.2 Å². The normalized spacial score (nSPS) is 12.1. The summed E-state index contributed by atoms with van der Waals surface area (Å²) in [5, 5.41) is 12.1. The molecule has 176 valence electrons. The fraction of sp³-hybridized carbons (Fsp3) is 0.400. The lowest BCUT2D eigenvalue weighted by molar-refractivity contribution is -0.975. The third kappa shape index (κ3) is 8.14. The van der Waals surface area contributed by atoms with Gasteiger partial charge in [-0.1, -0.05) is 42.5 Å². The van der Waals surface area contributed by atoms with E-state index >= 15 is 0 Å². The van der Waals surface area contributed by atoms with Crippen molar-refractivity contribution in [3.05, 3.63) is 69.8 Å². The number of likely N-dealkylation sites (N-methyl/N-ethyl adjacent to an activating group) is 1. The molecule has 1 aromatic heterocycles. The molecular weight excluding hydrogens is 440 g/mol. The molecule has 1 atom stereocenters. The Balaban J connectivity index is 1.49. The van der Waals surface area contributed by atoms with Gasteiger partial charge in [0.1, 0.15) is 22.5 Å².